The first-order valence-corrected chi connectivity index (χ1v) is 9.29. The molecule has 0 aromatic heterocycles. The van der Waals surface area contributed by atoms with Crippen LogP contribution in [0.1, 0.15) is 24.8 Å². The molecule has 2 saturated heterocycles. The number of nitrogens with zero attached hydrogens (tertiary/aromatic N) is 1. The molecule has 1 aromatic carbocycles. The van der Waals surface area contributed by atoms with Gasteiger partial charge in [-0.15, -0.1) is 0 Å². The number of carbonyl (C=O) groups excluding carboxylic acids is 1. The van der Waals surface area contributed by atoms with Crippen LogP contribution in [0.25, 0.3) is 0 Å². The average molecular weight is 318 g/mol. The number of rotatable bonds is 1. The Hall–Kier alpha value is -1.20. The van der Waals surface area contributed by atoms with Gasteiger partial charge in [-0.3, -0.25) is 4.90 Å². The maximum absolute atomic E-state index is 12.6. The number of nitrogens with one attached hydrogen (secondary N) is 1. The molecule has 3 aliphatic heterocycles. The lowest BCUT2D eigenvalue weighted by Crippen LogP contribution is -2.51. The van der Waals surface area contributed by atoms with Crippen molar-refractivity contribution >= 4 is 23.5 Å². The average Bonchev–Trinajstić information content (AvgIpc) is 3.14. The Balaban J connectivity index is 1.42. The normalized spacial score (nSPS) is 30.5. The van der Waals surface area contributed by atoms with Crippen molar-refractivity contribution in [3.8, 4) is 0 Å². The number of urea groups is 1. The molecule has 22 heavy (non-hydrogen) atoms. The Morgan fingerprint density at radius 2 is 2.32 bits per heavy atom. The number of fused-ring (bicyclic) bond motifs is 1. The first-order valence-electron chi connectivity index (χ1n) is 8.13. The van der Waals surface area contributed by atoms with E-state index in [2.05, 4.69) is 11.4 Å². The van der Waals surface area contributed by atoms with Crippen molar-refractivity contribution in [2.75, 3.05) is 29.6 Å². The molecular weight excluding hydrogens is 296 g/mol. The van der Waals surface area contributed by atoms with Crippen LogP contribution in [0.15, 0.2) is 24.3 Å². The molecule has 0 bridgehead atoms. The Morgan fingerprint density at radius 1 is 1.41 bits per heavy atom. The summed E-state index contributed by atoms with van der Waals surface area (Å²) in [6.07, 6.45) is 3.96. The molecule has 0 unspecified atom stereocenters. The minimum absolute atomic E-state index is 0.0176. The monoisotopic (exact) mass is 318 g/mol. The van der Waals surface area contributed by atoms with E-state index in [0.717, 1.165) is 50.3 Å². The van der Waals surface area contributed by atoms with Crippen LogP contribution in [0.4, 0.5) is 10.5 Å². The van der Waals surface area contributed by atoms with E-state index in [-0.39, 0.29) is 17.7 Å². The van der Waals surface area contributed by atoms with E-state index in [9.17, 15) is 4.79 Å². The highest BCUT2D eigenvalue weighted by atomic mass is 32.2. The highest BCUT2D eigenvalue weighted by molar-refractivity contribution is 7.99. The van der Waals surface area contributed by atoms with Crippen LogP contribution in [0.2, 0.25) is 0 Å². The van der Waals surface area contributed by atoms with E-state index >= 15 is 0 Å². The summed E-state index contributed by atoms with van der Waals surface area (Å²) in [6, 6.07) is 8.50. The van der Waals surface area contributed by atoms with Crippen LogP contribution in [-0.2, 0) is 11.2 Å². The van der Waals surface area contributed by atoms with Crippen molar-refractivity contribution < 1.29 is 9.53 Å². The van der Waals surface area contributed by atoms with Gasteiger partial charge in [0, 0.05) is 30.6 Å². The van der Waals surface area contributed by atoms with Gasteiger partial charge in [-0.1, -0.05) is 18.2 Å². The lowest BCUT2D eigenvalue weighted by molar-refractivity contribution is -0.0683. The summed E-state index contributed by atoms with van der Waals surface area (Å²) < 4.78 is 6.03. The molecule has 2 fully saturated rings. The molecule has 0 radical (unpaired) electrons. The molecule has 0 saturated carbocycles. The highest BCUT2D eigenvalue weighted by Gasteiger charge is 2.41. The second-order valence-electron chi connectivity index (χ2n) is 6.50. The first-order chi connectivity index (χ1) is 10.8. The van der Waals surface area contributed by atoms with Crippen LogP contribution in [0.5, 0.6) is 0 Å². The predicted molar refractivity (Wildman–Crippen MR) is 89.7 cm³/mol. The first kappa shape index (κ1) is 14.4. The van der Waals surface area contributed by atoms with Crippen molar-refractivity contribution in [3.63, 3.8) is 0 Å². The topological polar surface area (TPSA) is 41.6 Å². The van der Waals surface area contributed by atoms with E-state index < -0.39 is 0 Å². The quantitative estimate of drug-likeness (QED) is 0.866. The molecule has 4 nitrogen and oxygen atoms in total. The van der Waals surface area contributed by atoms with Gasteiger partial charge in [0.25, 0.3) is 0 Å². The number of hydrogen-bond donors (Lipinski definition) is 1. The van der Waals surface area contributed by atoms with Crippen LogP contribution < -0.4 is 10.2 Å². The molecule has 3 aliphatic rings. The number of benzene rings is 1. The molecule has 3 heterocycles. The Bertz CT molecular complexity index is 572. The van der Waals surface area contributed by atoms with Gasteiger partial charge in [0.15, 0.2) is 0 Å². The lowest BCUT2D eigenvalue weighted by Gasteiger charge is -2.38. The van der Waals surface area contributed by atoms with Gasteiger partial charge in [-0.25, -0.2) is 4.79 Å². The second-order valence-corrected chi connectivity index (χ2v) is 7.61. The zero-order valence-electron chi connectivity index (χ0n) is 12.7. The van der Waals surface area contributed by atoms with E-state index in [0.29, 0.717) is 0 Å². The van der Waals surface area contributed by atoms with Gasteiger partial charge in [0.1, 0.15) is 0 Å². The molecule has 1 aromatic rings. The summed E-state index contributed by atoms with van der Waals surface area (Å²) in [5, 5.41) is 3.25. The summed E-state index contributed by atoms with van der Waals surface area (Å²) in [5.41, 5.74) is 2.36. The smallest absolute Gasteiger partial charge is 0.322 e. The Labute approximate surface area is 135 Å². The standard InChI is InChI=1S/C17H22N2O2S/c20-16(19-8-5-13-3-1-2-4-15(13)19)18-14-6-9-21-17(11-14)7-10-22-12-17/h1-4,14H,5-12H2,(H,18,20)/t14-,17+/m0/s1. The van der Waals surface area contributed by atoms with Crippen LogP contribution in [0.3, 0.4) is 0 Å². The van der Waals surface area contributed by atoms with Gasteiger partial charge in [0.2, 0.25) is 0 Å². The Kier molecular flexibility index (Phi) is 3.78. The predicted octanol–water partition coefficient (Wildman–Crippen LogP) is 2.81. The minimum Gasteiger partial charge on any atom is -0.374 e. The van der Waals surface area contributed by atoms with Crippen LogP contribution >= 0.6 is 11.8 Å². The van der Waals surface area contributed by atoms with E-state index in [1.165, 1.54) is 11.3 Å². The molecule has 1 N–H and O–H groups in total. The third-order valence-corrected chi connectivity index (χ3v) is 6.24. The van der Waals surface area contributed by atoms with Crippen molar-refractivity contribution in [3.05, 3.63) is 29.8 Å². The molecule has 4 rings (SSSR count). The minimum atomic E-state index is 0.0176. The Morgan fingerprint density at radius 3 is 3.18 bits per heavy atom. The summed E-state index contributed by atoms with van der Waals surface area (Å²) in [5.74, 6) is 2.26. The third-order valence-electron chi connectivity index (χ3n) is 5.02. The molecule has 5 heteroatoms. The summed E-state index contributed by atoms with van der Waals surface area (Å²) in [7, 11) is 0. The number of carbonyl (C=O) groups is 1. The zero-order valence-corrected chi connectivity index (χ0v) is 13.5. The van der Waals surface area contributed by atoms with Gasteiger partial charge in [0.05, 0.1) is 5.60 Å². The van der Waals surface area contributed by atoms with Crippen molar-refractivity contribution in [2.45, 2.75) is 37.3 Å². The maximum Gasteiger partial charge on any atom is 0.322 e. The summed E-state index contributed by atoms with van der Waals surface area (Å²) in [4.78, 5) is 14.5. The molecule has 0 aliphatic carbocycles. The van der Waals surface area contributed by atoms with Gasteiger partial charge < -0.3 is 10.1 Å². The fourth-order valence-corrected chi connectivity index (χ4v) is 5.19. The molecule has 1 spiro atoms. The van der Waals surface area contributed by atoms with Gasteiger partial charge >= 0.3 is 6.03 Å². The number of ether oxygens (including phenoxy) is 1. The summed E-state index contributed by atoms with van der Waals surface area (Å²) >= 11 is 1.97. The van der Waals surface area contributed by atoms with Crippen molar-refractivity contribution in [1.82, 2.24) is 5.32 Å². The SMILES string of the molecule is O=C(N[C@H]1CCO[C@]2(CCSC2)C1)N1CCc2ccccc21. The fourth-order valence-electron chi connectivity index (χ4n) is 3.82. The third kappa shape index (κ3) is 2.61. The largest absolute Gasteiger partial charge is 0.374 e. The van der Waals surface area contributed by atoms with E-state index in [1.807, 2.05) is 34.9 Å². The van der Waals surface area contributed by atoms with Crippen LogP contribution in [0, 0.1) is 0 Å². The number of hydrogen-bond acceptors (Lipinski definition) is 3. The number of amides is 2. The van der Waals surface area contributed by atoms with E-state index in [1.54, 1.807) is 0 Å². The van der Waals surface area contributed by atoms with Crippen LogP contribution in [-0.4, -0.2) is 42.3 Å². The van der Waals surface area contributed by atoms with E-state index in [4.69, 9.17) is 4.74 Å². The molecule has 2 amide bonds. The molecule has 118 valence electrons. The molecular formula is C17H22N2O2S. The highest BCUT2D eigenvalue weighted by Crippen LogP contribution is 2.38. The summed E-state index contributed by atoms with van der Waals surface area (Å²) in [6.45, 7) is 1.55. The van der Waals surface area contributed by atoms with Gasteiger partial charge in [-0.05, 0) is 43.1 Å². The van der Waals surface area contributed by atoms with Crippen molar-refractivity contribution in [1.29, 1.82) is 0 Å². The number of para-hydroxylation sites is 1. The number of thioether (sulfide) groups is 1. The van der Waals surface area contributed by atoms with Crippen molar-refractivity contribution in [2.24, 2.45) is 0 Å². The number of anilines is 1. The fraction of sp³-hybridized carbons (Fsp3) is 0.588. The zero-order chi connectivity index (χ0) is 15.0. The molecule has 2 atom stereocenters. The second kappa shape index (κ2) is 5.78. The maximum atomic E-state index is 12.6. The lowest BCUT2D eigenvalue weighted by atomic mass is 9.90. The van der Waals surface area contributed by atoms with Gasteiger partial charge in [-0.2, -0.15) is 11.8 Å².